The van der Waals surface area contributed by atoms with Crippen molar-refractivity contribution in [2.75, 3.05) is 26.2 Å². The fraction of sp³-hybridized carbons (Fsp3) is 0.700. The summed E-state index contributed by atoms with van der Waals surface area (Å²) < 4.78 is 5.44. The zero-order valence-electron chi connectivity index (χ0n) is 8.64. The maximum atomic E-state index is 11.2. The Morgan fingerprint density at radius 2 is 2.36 bits per heavy atom. The summed E-state index contributed by atoms with van der Waals surface area (Å²) in [5, 5.41) is 5.75. The molecule has 1 aliphatic heterocycles. The molecule has 0 aromatic rings. The van der Waals surface area contributed by atoms with Crippen LogP contribution in [0.3, 0.4) is 0 Å². The van der Waals surface area contributed by atoms with E-state index in [1.165, 1.54) is 0 Å². The van der Waals surface area contributed by atoms with E-state index in [2.05, 4.69) is 22.5 Å². The van der Waals surface area contributed by atoms with Gasteiger partial charge >= 0.3 is 0 Å². The first-order valence-corrected chi connectivity index (χ1v) is 4.67. The van der Waals surface area contributed by atoms with Crippen LogP contribution in [0.5, 0.6) is 0 Å². The van der Waals surface area contributed by atoms with Gasteiger partial charge in [0.1, 0.15) is 6.61 Å². The highest BCUT2D eigenvalue weighted by molar-refractivity contribution is 5.77. The molecule has 0 aromatic carbocycles. The van der Waals surface area contributed by atoms with Gasteiger partial charge in [0.2, 0.25) is 5.91 Å². The van der Waals surface area contributed by atoms with E-state index in [0.717, 1.165) is 13.1 Å². The third-order valence-electron chi connectivity index (χ3n) is 2.10. The minimum Gasteiger partial charge on any atom is -0.363 e. The molecule has 0 aromatic heterocycles. The van der Waals surface area contributed by atoms with Gasteiger partial charge in [0.15, 0.2) is 0 Å². The van der Waals surface area contributed by atoms with Crippen LogP contribution in [0.15, 0.2) is 0 Å². The van der Waals surface area contributed by atoms with Gasteiger partial charge in [-0.05, 0) is 13.8 Å². The summed E-state index contributed by atoms with van der Waals surface area (Å²) in [5.74, 6) is 5.35. The van der Waals surface area contributed by atoms with Crippen LogP contribution >= 0.6 is 0 Å². The Labute approximate surface area is 84.4 Å². The first-order chi connectivity index (χ1) is 6.66. The molecular formula is C10H16N2O2. The summed E-state index contributed by atoms with van der Waals surface area (Å²) in [6, 6.07) is 0. The lowest BCUT2D eigenvalue weighted by molar-refractivity contribution is -0.135. The van der Waals surface area contributed by atoms with Crippen LogP contribution in [-0.4, -0.2) is 37.7 Å². The van der Waals surface area contributed by atoms with Crippen LogP contribution in [0.25, 0.3) is 0 Å². The summed E-state index contributed by atoms with van der Waals surface area (Å²) in [4.78, 5) is 11.2. The van der Waals surface area contributed by atoms with Gasteiger partial charge in [0.05, 0.1) is 12.1 Å². The highest BCUT2D eigenvalue weighted by Crippen LogP contribution is 2.14. The highest BCUT2D eigenvalue weighted by atomic mass is 16.5. The SMILES string of the molecule is CC#CCNC(=O)COC1(C)CNC1. The first-order valence-electron chi connectivity index (χ1n) is 4.67. The number of carbonyl (C=O) groups excluding carboxylic acids is 1. The normalized spacial score (nSPS) is 17.6. The van der Waals surface area contributed by atoms with Crippen molar-refractivity contribution in [3.05, 3.63) is 0 Å². The molecule has 0 bridgehead atoms. The average molecular weight is 196 g/mol. The molecule has 1 aliphatic rings. The Morgan fingerprint density at radius 1 is 1.64 bits per heavy atom. The molecule has 1 amide bonds. The topological polar surface area (TPSA) is 50.4 Å². The van der Waals surface area contributed by atoms with Gasteiger partial charge in [0.25, 0.3) is 0 Å². The third kappa shape index (κ3) is 3.36. The molecule has 2 N–H and O–H groups in total. The predicted octanol–water partition coefficient (Wildman–Crippen LogP) is -0.496. The largest absolute Gasteiger partial charge is 0.363 e. The van der Waals surface area contributed by atoms with Crippen molar-refractivity contribution in [3.63, 3.8) is 0 Å². The number of ether oxygens (including phenoxy) is 1. The standard InChI is InChI=1S/C10H16N2O2/c1-3-4-5-12-9(13)6-14-10(2)7-11-8-10/h11H,5-8H2,1-2H3,(H,12,13). The number of hydrogen-bond donors (Lipinski definition) is 2. The van der Waals surface area contributed by atoms with Crippen molar-refractivity contribution >= 4 is 5.91 Å². The van der Waals surface area contributed by atoms with Gasteiger partial charge in [-0.2, -0.15) is 0 Å². The van der Waals surface area contributed by atoms with Crippen LogP contribution in [0, 0.1) is 11.8 Å². The molecule has 1 saturated heterocycles. The van der Waals surface area contributed by atoms with E-state index >= 15 is 0 Å². The summed E-state index contributed by atoms with van der Waals surface area (Å²) in [6.45, 7) is 5.87. The number of carbonyl (C=O) groups is 1. The molecule has 0 aliphatic carbocycles. The second kappa shape index (κ2) is 4.99. The molecule has 0 unspecified atom stereocenters. The Bertz CT molecular complexity index is 261. The number of nitrogens with one attached hydrogen (secondary N) is 2. The summed E-state index contributed by atoms with van der Waals surface area (Å²) in [5.41, 5.74) is -0.159. The Hall–Kier alpha value is -1.05. The van der Waals surface area contributed by atoms with Gasteiger partial charge < -0.3 is 15.4 Å². The molecule has 78 valence electrons. The lowest BCUT2D eigenvalue weighted by atomic mass is 10.0. The van der Waals surface area contributed by atoms with E-state index in [0.29, 0.717) is 6.54 Å². The minimum atomic E-state index is -0.159. The number of amides is 1. The molecule has 0 saturated carbocycles. The molecule has 1 heterocycles. The Morgan fingerprint density at radius 3 is 2.86 bits per heavy atom. The zero-order chi connectivity index (χ0) is 10.4. The summed E-state index contributed by atoms with van der Waals surface area (Å²) in [6.07, 6.45) is 0. The van der Waals surface area contributed by atoms with E-state index in [9.17, 15) is 4.79 Å². The van der Waals surface area contributed by atoms with Crippen LogP contribution < -0.4 is 10.6 Å². The van der Waals surface area contributed by atoms with Crippen LogP contribution in [-0.2, 0) is 9.53 Å². The molecule has 0 atom stereocenters. The van der Waals surface area contributed by atoms with E-state index in [-0.39, 0.29) is 18.1 Å². The van der Waals surface area contributed by atoms with Crippen molar-refractivity contribution < 1.29 is 9.53 Å². The molecule has 4 heteroatoms. The minimum absolute atomic E-state index is 0.110. The van der Waals surface area contributed by atoms with E-state index in [4.69, 9.17) is 4.74 Å². The summed E-state index contributed by atoms with van der Waals surface area (Å²) in [7, 11) is 0. The molecule has 0 radical (unpaired) electrons. The van der Waals surface area contributed by atoms with E-state index < -0.39 is 0 Å². The lowest BCUT2D eigenvalue weighted by Crippen LogP contribution is -2.59. The quantitative estimate of drug-likeness (QED) is 0.596. The average Bonchev–Trinajstić information content (AvgIpc) is 2.12. The van der Waals surface area contributed by atoms with Gasteiger partial charge in [0, 0.05) is 13.1 Å². The molecule has 14 heavy (non-hydrogen) atoms. The fourth-order valence-electron chi connectivity index (χ4n) is 1.10. The van der Waals surface area contributed by atoms with E-state index in [1.807, 2.05) is 6.92 Å². The smallest absolute Gasteiger partial charge is 0.246 e. The molecule has 0 spiro atoms. The van der Waals surface area contributed by atoms with Crippen molar-refractivity contribution in [1.82, 2.24) is 10.6 Å². The number of hydrogen-bond acceptors (Lipinski definition) is 3. The molecule has 4 nitrogen and oxygen atoms in total. The van der Waals surface area contributed by atoms with E-state index in [1.54, 1.807) is 6.92 Å². The van der Waals surface area contributed by atoms with Crippen LogP contribution in [0.4, 0.5) is 0 Å². The number of rotatable bonds is 4. The first kappa shape index (κ1) is 11.0. The molecule has 1 fully saturated rings. The zero-order valence-corrected chi connectivity index (χ0v) is 8.64. The molecule has 1 rings (SSSR count). The van der Waals surface area contributed by atoms with Gasteiger partial charge in [-0.25, -0.2) is 0 Å². The Kier molecular flexibility index (Phi) is 3.93. The van der Waals surface area contributed by atoms with Crippen LogP contribution in [0.1, 0.15) is 13.8 Å². The van der Waals surface area contributed by atoms with Gasteiger partial charge in [-0.15, -0.1) is 5.92 Å². The van der Waals surface area contributed by atoms with Gasteiger partial charge in [-0.1, -0.05) is 5.92 Å². The second-order valence-corrected chi connectivity index (χ2v) is 3.55. The predicted molar refractivity (Wildman–Crippen MR) is 53.7 cm³/mol. The maximum Gasteiger partial charge on any atom is 0.246 e. The maximum absolute atomic E-state index is 11.2. The van der Waals surface area contributed by atoms with Crippen molar-refractivity contribution in [3.8, 4) is 11.8 Å². The Balaban J connectivity index is 2.10. The fourth-order valence-corrected chi connectivity index (χ4v) is 1.10. The van der Waals surface area contributed by atoms with Crippen molar-refractivity contribution in [2.24, 2.45) is 0 Å². The van der Waals surface area contributed by atoms with Gasteiger partial charge in [-0.3, -0.25) is 4.79 Å². The molecular weight excluding hydrogens is 180 g/mol. The third-order valence-corrected chi connectivity index (χ3v) is 2.10. The highest BCUT2D eigenvalue weighted by Gasteiger charge is 2.32. The monoisotopic (exact) mass is 196 g/mol. The summed E-state index contributed by atoms with van der Waals surface area (Å²) >= 11 is 0. The van der Waals surface area contributed by atoms with Crippen molar-refractivity contribution in [2.45, 2.75) is 19.4 Å². The van der Waals surface area contributed by atoms with Crippen molar-refractivity contribution in [1.29, 1.82) is 0 Å². The lowest BCUT2D eigenvalue weighted by Gasteiger charge is -2.38. The second-order valence-electron chi connectivity index (χ2n) is 3.55. The van der Waals surface area contributed by atoms with Crippen LogP contribution in [0.2, 0.25) is 0 Å².